The molecule has 1 heterocycles. The largest absolute Gasteiger partial charge is 0.489 e. The van der Waals surface area contributed by atoms with Crippen LogP contribution in [-0.4, -0.2) is 16.0 Å². The number of carbonyl (C=O) groups excluding carboxylic acids is 1. The number of benzene rings is 4. The first-order valence-corrected chi connectivity index (χ1v) is 13.2. The van der Waals surface area contributed by atoms with Gasteiger partial charge in [0, 0.05) is 11.1 Å². The van der Waals surface area contributed by atoms with Gasteiger partial charge in [-0.2, -0.15) is 0 Å². The number of nitrogens with zero attached hydrogens (tertiary/aromatic N) is 1. The zero-order chi connectivity index (χ0) is 27.4. The second-order valence-electron chi connectivity index (χ2n) is 9.30. The number of carbonyl (C=O) groups is 1. The summed E-state index contributed by atoms with van der Waals surface area (Å²) in [5.41, 5.74) is 5.45. The summed E-state index contributed by atoms with van der Waals surface area (Å²) in [5, 5.41) is 6.24. The van der Waals surface area contributed by atoms with Gasteiger partial charge in [-0.05, 0) is 83.9 Å². The predicted octanol–water partition coefficient (Wildman–Crippen LogP) is 7.98. The maximum atomic E-state index is 12.7. The number of rotatable bonds is 7. The fraction of sp³-hybridized carbons (Fsp3) is 0.129. The van der Waals surface area contributed by atoms with E-state index in [1.165, 1.54) is 5.56 Å². The molecule has 5 rings (SSSR count). The molecule has 0 fully saturated rings. The number of hydrogen-bond acceptors (Lipinski definition) is 5. The number of ether oxygens (including phenoxy) is 1. The van der Waals surface area contributed by atoms with Gasteiger partial charge in [-0.1, -0.05) is 61.8 Å². The van der Waals surface area contributed by atoms with Crippen molar-refractivity contribution in [3.63, 3.8) is 0 Å². The molecule has 0 saturated heterocycles. The third-order valence-electron chi connectivity index (χ3n) is 6.13. The van der Waals surface area contributed by atoms with Crippen LogP contribution < -0.4 is 15.4 Å². The zero-order valence-electron chi connectivity index (χ0n) is 21.4. The Bertz CT molecular complexity index is 1630. The van der Waals surface area contributed by atoms with Gasteiger partial charge < -0.3 is 14.5 Å². The summed E-state index contributed by atoms with van der Waals surface area (Å²) in [6.07, 6.45) is 0. The van der Waals surface area contributed by atoms with Crippen LogP contribution >= 0.6 is 23.8 Å². The first-order valence-electron chi connectivity index (χ1n) is 12.5. The van der Waals surface area contributed by atoms with E-state index in [1.54, 1.807) is 36.4 Å². The van der Waals surface area contributed by atoms with Gasteiger partial charge >= 0.3 is 0 Å². The van der Waals surface area contributed by atoms with E-state index in [0.29, 0.717) is 46.0 Å². The monoisotopic (exact) mass is 555 g/mol. The molecule has 39 heavy (non-hydrogen) atoms. The third kappa shape index (κ3) is 6.45. The van der Waals surface area contributed by atoms with Crippen molar-refractivity contribution in [3.05, 3.63) is 113 Å². The molecule has 0 radical (unpaired) electrons. The van der Waals surface area contributed by atoms with Crippen LogP contribution in [0, 0.1) is 0 Å². The van der Waals surface area contributed by atoms with Gasteiger partial charge in [-0.25, -0.2) is 4.98 Å². The minimum absolute atomic E-state index is 0.114. The number of nitrogens with one attached hydrogen (secondary N) is 2. The second kappa shape index (κ2) is 11.7. The maximum absolute atomic E-state index is 12.7. The van der Waals surface area contributed by atoms with Crippen molar-refractivity contribution >= 4 is 51.6 Å². The maximum Gasteiger partial charge on any atom is 0.257 e. The molecular weight excluding hydrogens is 530 g/mol. The first kappa shape index (κ1) is 26.4. The number of anilines is 1. The van der Waals surface area contributed by atoms with Gasteiger partial charge in [0.25, 0.3) is 5.91 Å². The van der Waals surface area contributed by atoms with Crippen molar-refractivity contribution in [1.82, 2.24) is 10.3 Å². The van der Waals surface area contributed by atoms with E-state index >= 15 is 0 Å². The molecule has 0 aliphatic heterocycles. The predicted molar refractivity (Wildman–Crippen MR) is 159 cm³/mol. The highest BCUT2D eigenvalue weighted by Gasteiger charge is 2.14. The van der Waals surface area contributed by atoms with Crippen molar-refractivity contribution < 1.29 is 13.9 Å². The Kier molecular flexibility index (Phi) is 7.91. The van der Waals surface area contributed by atoms with Gasteiger partial charge in [0.2, 0.25) is 5.89 Å². The lowest BCUT2D eigenvalue weighted by atomic mass is 10.0. The lowest BCUT2D eigenvalue weighted by molar-refractivity contribution is 0.0977. The average molecular weight is 556 g/mol. The number of halogens is 1. The molecule has 0 aliphatic rings. The van der Waals surface area contributed by atoms with E-state index in [9.17, 15) is 4.79 Å². The number of fused-ring (bicyclic) bond motifs is 1. The summed E-state index contributed by atoms with van der Waals surface area (Å²) in [7, 11) is 0. The molecule has 6 nitrogen and oxygen atoms in total. The van der Waals surface area contributed by atoms with Crippen LogP contribution in [0.4, 0.5) is 5.69 Å². The molecule has 0 aliphatic carbocycles. The molecule has 0 spiro atoms. The van der Waals surface area contributed by atoms with Crippen molar-refractivity contribution in [1.29, 1.82) is 0 Å². The van der Waals surface area contributed by atoms with Gasteiger partial charge in [-0.3, -0.25) is 10.1 Å². The van der Waals surface area contributed by atoms with Gasteiger partial charge in [0.1, 0.15) is 17.9 Å². The Morgan fingerprint density at radius 1 is 1.00 bits per heavy atom. The van der Waals surface area contributed by atoms with Gasteiger partial charge in [0.05, 0.1) is 10.7 Å². The summed E-state index contributed by atoms with van der Waals surface area (Å²) < 4.78 is 11.8. The smallest absolute Gasteiger partial charge is 0.257 e. The molecule has 0 unspecified atom stereocenters. The second-order valence-corrected chi connectivity index (χ2v) is 10.1. The van der Waals surface area contributed by atoms with Gasteiger partial charge in [-0.15, -0.1) is 0 Å². The topological polar surface area (TPSA) is 76.4 Å². The lowest BCUT2D eigenvalue weighted by Crippen LogP contribution is -2.34. The minimum atomic E-state index is -0.353. The minimum Gasteiger partial charge on any atom is -0.489 e. The molecule has 4 aromatic carbocycles. The SMILES string of the molecule is CC(C)c1ccc2oc(-c3ccc(Cl)c(NC(=S)NC(=O)c4ccc(OCc5ccccc5)cc4)c3)nc2c1. The Labute approximate surface area is 237 Å². The van der Waals surface area contributed by atoms with Crippen molar-refractivity contribution in [3.8, 4) is 17.2 Å². The molecule has 5 aromatic rings. The van der Waals surface area contributed by atoms with Crippen LogP contribution in [0.1, 0.15) is 41.3 Å². The van der Waals surface area contributed by atoms with Gasteiger partial charge in [0.15, 0.2) is 10.7 Å². The van der Waals surface area contributed by atoms with Crippen LogP contribution in [0.2, 0.25) is 5.02 Å². The Morgan fingerprint density at radius 3 is 2.51 bits per heavy atom. The first-order chi connectivity index (χ1) is 18.9. The summed E-state index contributed by atoms with van der Waals surface area (Å²) in [6.45, 7) is 4.72. The Balaban J connectivity index is 1.23. The Hall–Kier alpha value is -4.20. The average Bonchev–Trinajstić information content (AvgIpc) is 3.37. The lowest BCUT2D eigenvalue weighted by Gasteiger charge is -2.12. The van der Waals surface area contributed by atoms with Crippen LogP contribution in [0.25, 0.3) is 22.6 Å². The highest BCUT2D eigenvalue weighted by atomic mass is 35.5. The van der Waals surface area contributed by atoms with E-state index in [1.807, 2.05) is 54.6 Å². The van der Waals surface area contributed by atoms with E-state index < -0.39 is 0 Å². The Morgan fingerprint density at radius 2 is 1.77 bits per heavy atom. The molecule has 1 amide bonds. The summed E-state index contributed by atoms with van der Waals surface area (Å²) in [5.74, 6) is 1.17. The van der Waals surface area contributed by atoms with E-state index in [0.717, 1.165) is 16.6 Å². The fourth-order valence-corrected chi connectivity index (χ4v) is 4.32. The summed E-state index contributed by atoms with van der Waals surface area (Å²) >= 11 is 11.8. The fourth-order valence-electron chi connectivity index (χ4n) is 3.95. The highest BCUT2D eigenvalue weighted by Crippen LogP contribution is 2.31. The number of oxazole rings is 1. The summed E-state index contributed by atoms with van der Waals surface area (Å²) in [6, 6.07) is 28.1. The molecule has 196 valence electrons. The quantitative estimate of drug-likeness (QED) is 0.198. The molecule has 8 heteroatoms. The molecular formula is C31H26ClN3O3S. The van der Waals surface area contributed by atoms with E-state index in [4.69, 9.17) is 33.0 Å². The molecule has 0 bridgehead atoms. The number of thiocarbonyl (C=S) groups is 1. The number of amides is 1. The van der Waals surface area contributed by atoms with Crippen LogP contribution in [0.15, 0.2) is 95.4 Å². The molecule has 2 N–H and O–H groups in total. The standard InChI is InChI=1S/C31H26ClN3O3S/c1-19(2)22-11-15-28-27(16-22)33-30(38-28)23-10-14-25(32)26(17-23)34-31(39)35-29(36)21-8-12-24(13-9-21)37-18-20-6-4-3-5-7-20/h3-17,19H,18H2,1-2H3,(H2,34,35,36,39). The van der Waals surface area contributed by atoms with Crippen LogP contribution in [0.3, 0.4) is 0 Å². The third-order valence-corrected chi connectivity index (χ3v) is 6.67. The normalized spacial score (nSPS) is 11.0. The molecule has 1 aromatic heterocycles. The van der Waals surface area contributed by atoms with Crippen molar-refractivity contribution in [2.75, 3.05) is 5.32 Å². The van der Waals surface area contributed by atoms with E-state index in [2.05, 4.69) is 29.5 Å². The van der Waals surface area contributed by atoms with Crippen LogP contribution in [0.5, 0.6) is 5.75 Å². The highest BCUT2D eigenvalue weighted by molar-refractivity contribution is 7.80. The zero-order valence-corrected chi connectivity index (χ0v) is 23.0. The number of hydrogen-bond donors (Lipinski definition) is 2. The van der Waals surface area contributed by atoms with E-state index in [-0.39, 0.29) is 11.0 Å². The van der Waals surface area contributed by atoms with Crippen LogP contribution in [-0.2, 0) is 6.61 Å². The van der Waals surface area contributed by atoms with Crippen molar-refractivity contribution in [2.45, 2.75) is 26.4 Å². The molecule has 0 atom stereocenters. The van der Waals surface area contributed by atoms with Crippen molar-refractivity contribution in [2.24, 2.45) is 0 Å². The molecule has 0 saturated carbocycles. The number of aromatic nitrogens is 1. The summed E-state index contributed by atoms with van der Waals surface area (Å²) in [4.78, 5) is 17.4.